The highest BCUT2D eigenvalue weighted by molar-refractivity contribution is 6.37. The molecule has 2 N–H and O–H groups in total. The van der Waals surface area contributed by atoms with Crippen molar-refractivity contribution in [3.63, 3.8) is 0 Å². The molecule has 2 amide bonds. The fourth-order valence-corrected chi connectivity index (χ4v) is 3.52. The van der Waals surface area contributed by atoms with Gasteiger partial charge in [-0.2, -0.15) is 5.10 Å². The first-order valence-corrected chi connectivity index (χ1v) is 11.2. The Morgan fingerprint density at radius 2 is 1.67 bits per heavy atom. The van der Waals surface area contributed by atoms with Crippen LogP contribution in [0.4, 0.5) is 5.69 Å². The fourth-order valence-electron chi connectivity index (χ4n) is 3.03. The maximum Gasteiger partial charge on any atom is 0.379 e. The third-order valence-electron chi connectivity index (χ3n) is 4.79. The number of hydrazone groups is 1. The van der Waals surface area contributed by atoms with E-state index in [-0.39, 0.29) is 22.1 Å². The smallest absolute Gasteiger partial charge is 0.379 e. The summed E-state index contributed by atoms with van der Waals surface area (Å²) in [6.45, 7) is 0. The lowest BCUT2D eigenvalue weighted by Gasteiger charge is -2.08. The fraction of sp³-hybridized carbons (Fsp3) is 0. The number of rotatable bonds is 7. The average molecular weight is 522 g/mol. The number of esters is 1. The number of carbonyl (C=O) groups excluding carboxylic acids is 3. The van der Waals surface area contributed by atoms with Crippen molar-refractivity contribution in [2.45, 2.75) is 0 Å². The Morgan fingerprint density at radius 3 is 2.39 bits per heavy atom. The first-order valence-electron chi connectivity index (χ1n) is 10.5. The number of carbonyl (C=O) groups is 3. The molecule has 0 unspecified atom stereocenters. The second kappa shape index (κ2) is 11.4. The Kier molecular flexibility index (Phi) is 7.79. The van der Waals surface area contributed by atoms with Gasteiger partial charge in [-0.25, -0.2) is 10.2 Å². The topological polar surface area (TPSA) is 110 Å². The molecule has 0 aliphatic carbocycles. The van der Waals surface area contributed by atoms with Gasteiger partial charge in [-0.3, -0.25) is 9.59 Å². The summed E-state index contributed by atoms with van der Waals surface area (Å²) in [5.41, 5.74) is 3.93. The van der Waals surface area contributed by atoms with Crippen molar-refractivity contribution in [1.82, 2.24) is 5.43 Å². The summed E-state index contributed by atoms with van der Waals surface area (Å²) in [4.78, 5) is 37.0. The van der Waals surface area contributed by atoms with Gasteiger partial charge in [0.1, 0.15) is 5.75 Å². The van der Waals surface area contributed by atoms with E-state index in [1.54, 1.807) is 48.5 Å². The number of anilines is 1. The highest BCUT2D eigenvalue weighted by Gasteiger charge is 2.14. The SMILES string of the molecule is O=C(N/N=C\c1ccccc1OC(=O)c1ccco1)c1ccc(NC(=O)c2ccc(Cl)cc2Cl)cc1. The number of furan rings is 1. The highest BCUT2D eigenvalue weighted by atomic mass is 35.5. The van der Waals surface area contributed by atoms with Crippen molar-refractivity contribution in [3.05, 3.63) is 118 Å². The molecule has 0 atom stereocenters. The highest BCUT2D eigenvalue weighted by Crippen LogP contribution is 2.22. The summed E-state index contributed by atoms with van der Waals surface area (Å²) in [5, 5.41) is 7.30. The Bertz CT molecular complexity index is 1430. The van der Waals surface area contributed by atoms with Crippen molar-refractivity contribution in [2.75, 3.05) is 5.32 Å². The van der Waals surface area contributed by atoms with E-state index in [1.165, 1.54) is 42.8 Å². The number of amides is 2. The second-order valence-corrected chi connectivity index (χ2v) is 8.10. The summed E-state index contributed by atoms with van der Waals surface area (Å²) in [7, 11) is 0. The predicted octanol–water partition coefficient (Wildman–Crippen LogP) is 5.82. The minimum Gasteiger partial charge on any atom is -0.457 e. The molecule has 180 valence electrons. The van der Waals surface area contributed by atoms with Gasteiger partial charge in [-0.05, 0) is 66.7 Å². The molecular weight excluding hydrogens is 505 g/mol. The summed E-state index contributed by atoms with van der Waals surface area (Å²) >= 11 is 11.9. The largest absolute Gasteiger partial charge is 0.457 e. The van der Waals surface area contributed by atoms with Gasteiger partial charge in [0.15, 0.2) is 0 Å². The monoisotopic (exact) mass is 521 g/mol. The number of halogens is 2. The van der Waals surface area contributed by atoms with E-state index in [0.29, 0.717) is 21.8 Å². The maximum absolute atomic E-state index is 12.4. The van der Waals surface area contributed by atoms with E-state index in [4.69, 9.17) is 32.4 Å². The number of para-hydroxylation sites is 1. The molecule has 0 aliphatic heterocycles. The van der Waals surface area contributed by atoms with Gasteiger partial charge in [0, 0.05) is 21.8 Å². The van der Waals surface area contributed by atoms with Crippen LogP contribution in [0, 0.1) is 0 Å². The lowest BCUT2D eigenvalue weighted by atomic mass is 10.1. The van der Waals surface area contributed by atoms with E-state index in [0.717, 1.165) is 0 Å². The zero-order valence-corrected chi connectivity index (χ0v) is 19.9. The second-order valence-electron chi connectivity index (χ2n) is 7.26. The van der Waals surface area contributed by atoms with Crippen LogP contribution in [-0.2, 0) is 0 Å². The van der Waals surface area contributed by atoms with Crippen molar-refractivity contribution in [1.29, 1.82) is 0 Å². The Balaban J connectivity index is 1.36. The van der Waals surface area contributed by atoms with Crippen LogP contribution < -0.4 is 15.5 Å². The van der Waals surface area contributed by atoms with Gasteiger partial charge in [-0.1, -0.05) is 35.3 Å². The first kappa shape index (κ1) is 24.7. The van der Waals surface area contributed by atoms with Gasteiger partial charge < -0.3 is 14.5 Å². The molecule has 10 heteroatoms. The van der Waals surface area contributed by atoms with Gasteiger partial charge in [0.2, 0.25) is 5.76 Å². The Hall–Kier alpha value is -4.40. The lowest BCUT2D eigenvalue weighted by molar-refractivity contribution is 0.0700. The summed E-state index contributed by atoms with van der Waals surface area (Å²) in [6, 6.07) is 20.5. The summed E-state index contributed by atoms with van der Waals surface area (Å²) in [6.07, 6.45) is 2.72. The van der Waals surface area contributed by atoms with E-state index in [9.17, 15) is 14.4 Å². The molecule has 1 heterocycles. The minimum atomic E-state index is -0.657. The minimum absolute atomic E-state index is 0.0611. The van der Waals surface area contributed by atoms with Crippen LogP contribution in [0.3, 0.4) is 0 Å². The molecule has 0 fully saturated rings. The molecule has 0 aliphatic rings. The first-order chi connectivity index (χ1) is 17.4. The van der Waals surface area contributed by atoms with Gasteiger partial charge in [0.05, 0.1) is 23.1 Å². The Morgan fingerprint density at radius 1 is 0.889 bits per heavy atom. The molecule has 0 spiro atoms. The van der Waals surface area contributed by atoms with E-state index in [1.807, 2.05) is 0 Å². The number of ether oxygens (including phenoxy) is 1. The molecule has 4 rings (SSSR count). The van der Waals surface area contributed by atoms with Crippen molar-refractivity contribution >= 4 is 52.9 Å². The molecule has 0 saturated carbocycles. The molecule has 0 bridgehead atoms. The summed E-state index contributed by atoms with van der Waals surface area (Å²) < 4.78 is 10.4. The molecular formula is C26H17Cl2N3O5. The quantitative estimate of drug-likeness (QED) is 0.138. The standard InChI is InChI=1S/C26H17Cl2N3O5/c27-18-9-12-20(21(28)14-18)25(33)30-19-10-7-16(8-11-19)24(32)31-29-15-17-4-1-2-5-22(17)36-26(34)23-6-3-13-35-23/h1-15H,(H,30,33)(H,31,32)/b29-15-. The number of hydrogen-bond acceptors (Lipinski definition) is 6. The van der Waals surface area contributed by atoms with E-state index >= 15 is 0 Å². The summed E-state index contributed by atoms with van der Waals surface area (Å²) in [5.74, 6) is -1.24. The molecule has 0 radical (unpaired) electrons. The maximum atomic E-state index is 12.4. The van der Waals surface area contributed by atoms with Crippen LogP contribution in [0.15, 0.2) is 94.6 Å². The average Bonchev–Trinajstić information content (AvgIpc) is 3.41. The predicted molar refractivity (Wildman–Crippen MR) is 136 cm³/mol. The molecule has 3 aromatic carbocycles. The van der Waals surface area contributed by atoms with Crippen molar-refractivity contribution in [3.8, 4) is 5.75 Å². The third kappa shape index (κ3) is 6.18. The van der Waals surface area contributed by atoms with Crippen molar-refractivity contribution in [2.24, 2.45) is 5.10 Å². The van der Waals surface area contributed by atoms with Crippen LogP contribution in [0.25, 0.3) is 0 Å². The van der Waals surface area contributed by atoms with Crippen LogP contribution >= 0.6 is 23.2 Å². The van der Waals surface area contributed by atoms with Crippen molar-refractivity contribution < 1.29 is 23.5 Å². The molecule has 0 saturated heterocycles. The van der Waals surface area contributed by atoms with E-state index < -0.39 is 17.8 Å². The Labute approximate surface area is 215 Å². The van der Waals surface area contributed by atoms with Gasteiger partial charge in [0.25, 0.3) is 11.8 Å². The third-order valence-corrected chi connectivity index (χ3v) is 5.34. The van der Waals surface area contributed by atoms with Crippen LogP contribution in [0.5, 0.6) is 5.75 Å². The van der Waals surface area contributed by atoms with E-state index in [2.05, 4.69) is 15.8 Å². The van der Waals surface area contributed by atoms with Gasteiger partial charge in [-0.15, -0.1) is 0 Å². The number of hydrogen-bond donors (Lipinski definition) is 2. The molecule has 36 heavy (non-hydrogen) atoms. The zero-order chi connectivity index (χ0) is 25.5. The van der Waals surface area contributed by atoms with Crippen LogP contribution in [-0.4, -0.2) is 24.0 Å². The molecule has 4 aromatic rings. The van der Waals surface area contributed by atoms with Crippen LogP contribution in [0.1, 0.15) is 36.8 Å². The lowest BCUT2D eigenvalue weighted by Crippen LogP contribution is -2.18. The van der Waals surface area contributed by atoms with Crippen LogP contribution in [0.2, 0.25) is 10.0 Å². The number of nitrogens with one attached hydrogen (secondary N) is 2. The van der Waals surface area contributed by atoms with Gasteiger partial charge >= 0.3 is 5.97 Å². The zero-order valence-electron chi connectivity index (χ0n) is 18.4. The normalized spacial score (nSPS) is 10.7. The molecule has 8 nitrogen and oxygen atoms in total. The number of nitrogens with zero attached hydrogens (tertiary/aromatic N) is 1. The number of benzene rings is 3. The molecule has 1 aromatic heterocycles.